The van der Waals surface area contributed by atoms with Crippen molar-refractivity contribution in [1.29, 1.82) is 0 Å². The summed E-state index contributed by atoms with van der Waals surface area (Å²) in [6.07, 6.45) is 3.99. The number of rotatable bonds is 5. The molecule has 5 nitrogen and oxygen atoms in total. The summed E-state index contributed by atoms with van der Waals surface area (Å²) in [7, 11) is 2.00. The second-order valence-electron chi connectivity index (χ2n) is 11.2. The van der Waals surface area contributed by atoms with Crippen LogP contribution in [0.5, 0.6) is 11.5 Å². The van der Waals surface area contributed by atoms with E-state index in [1.807, 2.05) is 72.3 Å². The second-order valence-corrected chi connectivity index (χ2v) is 11.2. The van der Waals surface area contributed by atoms with Crippen molar-refractivity contribution in [1.82, 2.24) is 14.0 Å². The van der Waals surface area contributed by atoms with Crippen LogP contribution in [0.3, 0.4) is 0 Å². The van der Waals surface area contributed by atoms with Gasteiger partial charge in [0.25, 0.3) is 0 Å². The van der Waals surface area contributed by atoms with Gasteiger partial charge in [0.15, 0.2) is 0 Å². The molecule has 0 spiro atoms. The molecule has 1 aliphatic rings. The molecule has 6 heteroatoms. The van der Waals surface area contributed by atoms with Crippen molar-refractivity contribution in [3.63, 3.8) is 0 Å². The first-order valence-corrected chi connectivity index (χ1v) is 14.9. The number of fused-ring (bicyclic) bond motifs is 7. The summed E-state index contributed by atoms with van der Waals surface area (Å²) in [6, 6.07) is 52.4. The first kappa shape index (κ1) is 28.2. The maximum absolute atomic E-state index is 6.40. The van der Waals surface area contributed by atoms with Gasteiger partial charge in [0.1, 0.15) is 0 Å². The molecule has 8 aromatic rings. The number of ether oxygens (including phenoxy) is 1. The minimum atomic E-state index is 0. The largest absolute Gasteiger partial charge is 0.510 e. The Morgan fingerprint density at radius 2 is 1.39 bits per heavy atom. The molecule has 0 saturated heterocycles. The monoisotopic (exact) mass is 684 g/mol. The summed E-state index contributed by atoms with van der Waals surface area (Å²) in [4.78, 5) is 4.01. The van der Waals surface area contributed by atoms with Crippen molar-refractivity contribution >= 4 is 49.3 Å². The Kier molecular flexibility index (Phi) is 6.91. The maximum Gasteiger partial charge on any atom is 0.0561 e. The molecule has 0 bridgehead atoms. The molecule has 0 amide bonds. The molecule has 226 valence electrons. The van der Waals surface area contributed by atoms with Crippen LogP contribution in [0.1, 0.15) is 0 Å². The number of benzene rings is 6. The van der Waals surface area contributed by atoms with Crippen LogP contribution >= 0.6 is 0 Å². The van der Waals surface area contributed by atoms with Gasteiger partial charge in [-0.2, -0.15) is 43.1 Å². The van der Waals surface area contributed by atoms with E-state index in [1.165, 1.54) is 16.3 Å². The topological polar surface area (TPSA) is 25.6 Å². The molecule has 0 fully saturated rings. The summed E-state index contributed by atoms with van der Waals surface area (Å²) in [6.45, 7) is 2.00. The standard InChI is InChI=1S/C40H26N4O.Pd/c1-41-23-24-42(27-41)30-15-10-16-31(25-30)45-32-19-20-33-34-21-22-37-39(40(34)44(38(33)26-32)29-13-6-3-7-14-29)35-17-8-9-18-36(35)43(37)28-11-4-2-5-12-28;/h2-13,15-24,27H,1H3;/q-4;. The molecule has 1 aliphatic heterocycles. The van der Waals surface area contributed by atoms with E-state index < -0.39 is 0 Å². The molecule has 9 rings (SSSR count). The normalized spacial score (nSPS) is 12.9. The van der Waals surface area contributed by atoms with Crippen LogP contribution in [-0.4, -0.2) is 21.1 Å². The SMILES string of the molecule is CN1C=CN(c2[c-]c(Oc3[c-]c4c(cc3)c3ccc5c(c6ccccc6n5-c5ccccc5)c3n4-c3[c-]cccc3)ccc2)[CH-]1.[Pd]. The van der Waals surface area contributed by atoms with Gasteiger partial charge in [0.2, 0.25) is 0 Å². The van der Waals surface area contributed by atoms with Gasteiger partial charge < -0.3 is 23.7 Å². The Morgan fingerprint density at radius 1 is 0.609 bits per heavy atom. The van der Waals surface area contributed by atoms with Gasteiger partial charge >= 0.3 is 0 Å². The predicted molar refractivity (Wildman–Crippen MR) is 182 cm³/mol. The molecular formula is C40H26N4OPd-4. The molecule has 6 aromatic carbocycles. The van der Waals surface area contributed by atoms with E-state index in [0.29, 0.717) is 11.5 Å². The Bertz CT molecular complexity index is 2410. The van der Waals surface area contributed by atoms with Crippen LogP contribution in [0.15, 0.2) is 134 Å². The minimum absolute atomic E-state index is 0. The Balaban J connectivity index is 0.00000312. The van der Waals surface area contributed by atoms with Crippen molar-refractivity contribution in [2.45, 2.75) is 0 Å². The smallest absolute Gasteiger partial charge is 0.0561 e. The number of hydrogen-bond acceptors (Lipinski definition) is 3. The average Bonchev–Trinajstić information content (AvgIpc) is 3.77. The van der Waals surface area contributed by atoms with E-state index >= 15 is 0 Å². The average molecular weight is 685 g/mol. The summed E-state index contributed by atoms with van der Waals surface area (Å²) >= 11 is 0. The van der Waals surface area contributed by atoms with Gasteiger partial charge in [0.05, 0.1) is 11.0 Å². The first-order valence-electron chi connectivity index (χ1n) is 14.9. The van der Waals surface area contributed by atoms with E-state index in [4.69, 9.17) is 4.74 Å². The molecule has 0 saturated carbocycles. The molecule has 46 heavy (non-hydrogen) atoms. The van der Waals surface area contributed by atoms with Crippen molar-refractivity contribution in [2.24, 2.45) is 0 Å². The quantitative estimate of drug-likeness (QED) is 0.133. The molecule has 0 unspecified atom stereocenters. The molecule has 2 aromatic heterocycles. The molecule has 0 aliphatic carbocycles. The fourth-order valence-corrected chi connectivity index (χ4v) is 6.50. The third kappa shape index (κ3) is 4.49. The number of hydrogen-bond donors (Lipinski definition) is 0. The van der Waals surface area contributed by atoms with Gasteiger partial charge in [-0.3, -0.25) is 0 Å². The number of para-hydroxylation sites is 3. The summed E-state index contributed by atoms with van der Waals surface area (Å²) in [5, 5.41) is 4.65. The second kappa shape index (κ2) is 11.3. The Morgan fingerprint density at radius 3 is 2.22 bits per heavy atom. The van der Waals surface area contributed by atoms with E-state index in [9.17, 15) is 0 Å². The molecule has 3 heterocycles. The Labute approximate surface area is 280 Å². The van der Waals surface area contributed by atoms with E-state index in [2.05, 4.69) is 112 Å². The number of anilines is 1. The Hall–Kier alpha value is -5.28. The molecule has 0 atom stereocenters. The van der Waals surface area contributed by atoms with Gasteiger partial charge in [-0.1, -0.05) is 53.7 Å². The maximum atomic E-state index is 6.40. The fourth-order valence-electron chi connectivity index (χ4n) is 6.50. The number of aromatic nitrogens is 2. The van der Waals surface area contributed by atoms with E-state index in [1.54, 1.807) is 0 Å². The minimum Gasteiger partial charge on any atom is -0.510 e. The zero-order valence-corrected chi connectivity index (χ0v) is 26.3. The van der Waals surface area contributed by atoms with Crippen LogP contribution in [0.2, 0.25) is 0 Å². The summed E-state index contributed by atoms with van der Waals surface area (Å²) < 4.78 is 11.0. The van der Waals surface area contributed by atoms with Crippen LogP contribution in [0.25, 0.3) is 55.0 Å². The van der Waals surface area contributed by atoms with Crippen LogP contribution in [0.4, 0.5) is 5.69 Å². The van der Waals surface area contributed by atoms with Gasteiger partial charge in [-0.15, -0.1) is 47.5 Å². The number of nitrogens with zero attached hydrogens (tertiary/aromatic N) is 4. The summed E-state index contributed by atoms with van der Waals surface area (Å²) in [5.74, 6) is 1.25. The first-order chi connectivity index (χ1) is 22.2. The van der Waals surface area contributed by atoms with Crippen LogP contribution in [0, 0.1) is 24.9 Å². The molecule has 0 radical (unpaired) electrons. The zero-order valence-electron chi connectivity index (χ0n) is 24.8. The third-order valence-corrected chi connectivity index (χ3v) is 8.41. The zero-order chi connectivity index (χ0) is 29.9. The van der Waals surface area contributed by atoms with E-state index in [-0.39, 0.29) is 20.4 Å². The van der Waals surface area contributed by atoms with Gasteiger partial charge in [0, 0.05) is 53.9 Å². The van der Waals surface area contributed by atoms with Gasteiger partial charge in [-0.05, 0) is 49.1 Å². The molecule has 0 N–H and O–H groups in total. The van der Waals surface area contributed by atoms with Crippen molar-refractivity contribution in [3.8, 4) is 22.9 Å². The van der Waals surface area contributed by atoms with Crippen molar-refractivity contribution in [2.75, 3.05) is 11.9 Å². The van der Waals surface area contributed by atoms with Crippen molar-refractivity contribution < 1.29 is 25.2 Å². The summed E-state index contributed by atoms with van der Waals surface area (Å²) in [5.41, 5.74) is 7.35. The van der Waals surface area contributed by atoms with Crippen molar-refractivity contribution in [3.05, 3.63) is 159 Å². The fraction of sp³-hybridized carbons (Fsp3) is 0.0250. The van der Waals surface area contributed by atoms with Crippen LogP contribution in [-0.2, 0) is 20.4 Å². The molecular weight excluding hydrogens is 659 g/mol. The van der Waals surface area contributed by atoms with Gasteiger partial charge in [-0.25, -0.2) is 0 Å². The van der Waals surface area contributed by atoms with Crippen LogP contribution < -0.4 is 9.64 Å². The third-order valence-electron chi connectivity index (χ3n) is 8.41. The van der Waals surface area contributed by atoms with E-state index in [0.717, 1.165) is 44.4 Å². The predicted octanol–water partition coefficient (Wildman–Crippen LogP) is 9.41.